The van der Waals surface area contributed by atoms with Crippen LogP contribution in [0.3, 0.4) is 0 Å². The molecule has 2 N–H and O–H groups in total. The minimum absolute atomic E-state index is 0.0704. The van der Waals surface area contributed by atoms with Gasteiger partial charge in [-0.3, -0.25) is 43.8 Å². The number of rotatable bonds is 9. The van der Waals surface area contributed by atoms with E-state index < -0.39 is 52.9 Å². The summed E-state index contributed by atoms with van der Waals surface area (Å²) in [6.45, 7) is 9.18. The fourth-order valence-corrected chi connectivity index (χ4v) is 8.16. The minimum atomic E-state index is -4.56. The first-order chi connectivity index (χ1) is 27.7. The zero-order valence-electron chi connectivity index (χ0n) is 32.0. The monoisotopic (exact) mass is 800 g/mol. The van der Waals surface area contributed by atoms with Crippen LogP contribution in [0.5, 0.6) is 0 Å². The topological polar surface area (TPSA) is 158 Å². The van der Waals surface area contributed by atoms with E-state index in [1.807, 2.05) is 12.3 Å². The quantitative estimate of drug-likeness (QED) is 0.238. The third-order valence-corrected chi connectivity index (χ3v) is 11.7. The van der Waals surface area contributed by atoms with Gasteiger partial charge in [0.05, 0.1) is 39.9 Å². The Bertz CT molecular complexity index is 2260. The highest BCUT2D eigenvalue weighted by atomic mass is 19.4. The summed E-state index contributed by atoms with van der Waals surface area (Å²) in [4.78, 5) is 72.0. The highest BCUT2D eigenvalue weighted by Gasteiger charge is 2.45. The van der Waals surface area contributed by atoms with Crippen molar-refractivity contribution in [2.24, 2.45) is 5.92 Å². The van der Waals surface area contributed by atoms with Crippen molar-refractivity contribution in [1.82, 2.24) is 34.7 Å². The zero-order valence-corrected chi connectivity index (χ0v) is 32.0. The molecule has 1 atom stereocenters. The van der Waals surface area contributed by atoms with Crippen LogP contribution in [0.1, 0.15) is 65.8 Å². The maximum Gasteiger partial charge on any atom is 0.416 e. The zero-order chi connectivity index (χ0) is 40.9. The Kier molecular flexibility index (Phi) is 10.1. The van der Waals surface area contributed by atoms with Crippen molar-refractivity contribution in [2.45, 2.75) is 57.3 Å². The first kappa shape index (κ1) is 38.8. The van der Waals surface area contributed by atoms with Gasteiger partial charge < -0.3 is 15.1 Å². The van der Waals surface area contributed by atoms with Crippen LogP contribution < -0.4 is 20.4 Å². The van der Waals surface area contributed by atoms with Crippen molar-refractivity contribution in [3.8, 4) is 5.69 Å². The number of halogens is 3. The molecule has 4 aliphatic heterocycles. The van der Waals surface area contributed by atoms with Crippen molar-refractivity contribution in [3.05, 3.63) is 83.9 Å². The van der Waals surface area contributed by atoms with Gasteiger partial charge in [-0.1, -0.05) is 0 Å². The molecule has 304 valence electrons. The third kappa shape index (κ3) is 7.43. The van der Waals surface area contributed by atoms with Gasteiger partial charge in [0.1, 0.15) is 11.6 Å². The summed E-state index contributed by atoms with van der Waals surface area (Å²) < 4.78 is 43.4. The molecule has 8 rings (SSSR count). The number of piperidine rings is 2. The van der Waals surface area contributed by atoms with Crippen LogP contribution in [-0.4, -0.2) is 111 Å². The predicted octanol–water partition coefficient (Wildman–Crippen LogP) is 3.90. The SMILES string of the molecule is CC(C)(C(=O)Nc1ccc(C(F)(F)F)cc1-n1cccn1)n1cc(N2CCC(CN3CCN(c4ccc5c(c4)C(=O)N(C4CCC(=O)NC4=O)C5=O)CC3)CC2)cn1. The van der Waals surface area contributed by atoms with Crippen LogP contribution in [-0.2, 0) is 26.1 Å². The Balaban J connectivity index is 0.828. The molecule has 0 radical (unpaired) electrons. The van der Waals surface area contributed by atoms with Crippen LogP contribution in [0.4, 0.5) is 30.2 Å². The Morgan fingerprint density at radius 2 is 1.59 bits per heavy atom. The van der Waals surface area contributed by atoms with E-state index in [1.54, 1.807) is 42.9 Å². The molecule has 3 fully saturated rings. The summed E-state index contributed by atoms with van der Waals surface area (Å²) in [5.74, 6) is -2.03. The van der Waals surface area contributed by atoms with E-state index in [0.29, 0.717) is 5.92 Å². The molecule has 5 amide bonds. The van der Waals surface area contributed by atoms with E-state index in [9.17, 15) is 37.1 Å². The number of nitrogens with zero attached hydrogens (tertiary/aromatic N) is 8. The Morgan fingerprint density at radius 3 is 2.28 bits per heavy atom. The maximum atomic E-state index is 13.6. The molecule has 2 aromatic carbocycles. The van der Waals surface area contributed by atoms with Crippen LogP contribution in [0, 0.1) is 5.92 Å². The second-order valence-corrected chi connectivity index (χ2v) is 15.7. The molecular formula is C40H43F3N10O5. The second kappa shape index (κ2) is 15.0. The molecule has 58 heavy (non-hydrogen) atoms. The summed E-state index contributed by atoms with van der Waals surface area (Å²) in [7, 11) is 0. The highest BCUT2D eigenvalue weighted by molar-refractivity contribution is 6.23. The number of aromatic nitrogens is 4. The van der Waals surface area contributed by atoms with Crippen molar-refractivity contribution in [1.29, 1.82) is 0 Å². The molecule has 4 aliphatic rings. The first-order valence-corrected chi connectivity index (χ1v) is 19.3. The number of benzene rings is 2. The Morgan fingerprint density at radius 1 is 0.862 bits per heavy atom. The van der Waals surface area contributed by atoms with Gasteiger partial charge in [-0.25, -0.2) is 4.68 Å². The van der Waals surface area contributed by atoms with Crippen LogP contribution in [0.2, 0.25) is 0 Å². The van der Waals surface area contributed by atoms with E-state index >= 15 is 0 Å². The lowest BCUT2D eigenvalue weighted by Gasteiger charge is -2.40. The fourth-order valence-electron chi connectivity index (χ4n) is 8.16. The lowest BCUT2D eigenvalue weighted by atomic mass is 9.95. The molecule has 4 aromatic rings. The number of hydrogen-bond acceptors (Lipinski definition) is 10. The van der Waals surface area contributed by atoms with Gasteiger partial charge in [-0.2, -0.15) is 23.4 Å². The smallest absolute Gasteiger partial charge is 0.369 e. The Labute approximate surface area is 331 Å². The number of amides is 5. The number of nitrogens with one attached hydrogen (secondary N) is 2. The molecule has 0 spiro atoms. The van der Waals surface area contributed by atoms with Crippen molar-refractivity contribution >= 4 is 46.6 Å². The van der Waals surface area contributed by atoms with Gasteiger partial charge in [0.2, 0.25) is 11.8 Å². The number of imide groups is 2. The van der Waals surface area contributed by atoms with E-state index in [1.165, 1.54) is 23.1 Å². The number of alkyl halides is 3. The number of carbonyl (C=O) groups excluding carboxylic acids is 5. The summed E-state index contributed by atoms with van der Waals surface area (Å²) >= 11 is 0. The summed E-state index contributed by atoms with van der Waals surface area (Å²) in [5, 5.41) is 13.6. The molecule has 3 saturated heterocycles. The van der Waals surface area contributed by atoms with E-state index in [0.717, 1.165) is 87.1 Å². The first-order valence-electron chi connectivity index (χ1n) is 19.3. The van der Waals surface area contributed by atoms with Crippen LogP contribution in [0.25, 0.3) is 5.69 Å². The average molecular weight is 801 g/mol. The molecule has 2 aromatic heterocycles. The van der Waals surface area contributed by atoms with E-state index in [2.05, 4.69) is 35.5 Å². The predicted molar refractivity (Wildman–Crippen MR) is 205 cm³/mol. The van der Waals surface area contributed by atoms with Gasteiger partial charge in [-0.05, 0) is 81.5 Å². The summed E-state index contributed by atoms with van der Waals surface area (Å²) in [6.07, 6.45) is 4.09. The second-order valence-electron chi connectivity index (χ2n) is 15.7. The number of piperazine rings is 1. The van der Waals surface area contributed by atoms with Gasteiger partial charge in [0.15, 0.2) is 0 Å². The van der Waals surface area contributed by atoms with Crippen molar-refractivity contribution in [2.75, 3.05) is 60.9 Å². The molecular weight excluding hydrogens is 757 g/mol. The molecule has 1 unspecified atom stereocenters. The molecule has 0 bridgehead atoms. The lowest BCUT2D eigenvalue weighted by molar-refractivity contribution is -0.138. The third-order valence-electron chi connectivity index (χ3n) is 11.7. The normalized spacial score (nSPS) is 19.8. The largest absolute Gasteiger partial charge is 0.416 e. The molecule has 15 nitrogen and oxygen atoms in total. The Hall–Kier alpha value is -6.04. The van der Waals surface area contributed by atoms with Crippen LogP contribution >= 0.6 is 0 Å². The lowest BCUT2D eigenvalue weighted by Crippen LogP contribution is -2.54. The molecule has 18 heteroatoms. The summed E-state index contributed by atoms with van der Waals surface area (Å²) in [5.41, 5.74) is 0.514. The van der Waals surface area contributed by atoms with E-state index in [-0.39, 0.29) is 35.3 Å². The van der Waals surface area contributed by atoms with Crippen LogP contribution in [0.15, 0.2) is 67.3 Å². The van der Waals surface area contributed by atoms with Gasteiger partial charge in [0, 0.05) is 76.5 Å². The van der Waals surface area contributed by atoms with E-state index in [4.69, 9.17) is 0 Å². The van der Waals surface area contributed by atoms with Gasteiger partial charge in [0.25, 0.3) is 17.7 Å². The minimum Gasteiger partial charge on any atom is -0.369 e. The average Bonchev–Trinajstić information content (AvgIpc) is 3.97. The number of carbonyl (C=O) groups is 5. The van der Waals surface area contributed by atoms with Crippen molar-refractivity contribution < 1.29 is 37.1 Å². The van der Waals surface area contributed by atoms with Crippen molar-refractivity contribution in [3.63, 3.8) is 0 Å². The standard InChI is InChI=1S/C40H43F3N10O5/c1-39(2,38(58)46-31-7-4-26(40(41,42)43)20-33(31)51-13-3-12-44-51)52-24-28(22-45-52)49-14-10-25(11-15-49)23-48-16-18-50(19-17-48)27-5-6-29-30(21-27)37(57)53(36(29)56)32-8-9-34(54)47-35(32)55/h3-7,12-13,20-22,24-25,32H,8-11,14-19,23H2,1-2H3,(H,46,58)(H,47,54,55). The number of hydrogen-bond donors (Lipinski definition) is 2. The maximum absolute atomic E-state index is 13.6. The van der Waals surface area contributed by atoms with Gasteiger partial charge in [-0.15, -0.1) is 0 Å². The fraction of sp³-hybridized carbons (Fsp3) is 0.425. The number of fused-ring (bicyclic) bond motifs is 1. The molecule has 0 aliphatic carbocycles. The highest BCUT2D eigenvalue weighted by Crippen LogP contribution is 2.35. The summed E-state index contributed by atoms with van der Waals surface area (Å²) in [6, 6.07) is 8.93. The number of anilines is 3. The molecule has 0 saturated carbocycles. The van der Waals surface area contributed by atoms with Gasteiger partial charge >= 0.3 is 6.18 Å². The molecule has 6 heterocycles.